The number of rotatable bonds is 6. The second-order valence-corrected chi connectivity index (χ2v) is 4.25. The van der Waals surface area contributed by atoms with Gasteiger partial charge in [0.1, 0.15) is 5.75 Å². The fourth-order valence-electron chi connectivity index (χ4n) is 1.34. The summed E-state index contributed by atoms with van der Waals surface area (Å²) in [7, 11) is 0. The number of esters is 1. The van der Waals surface area contributed by atoms with Crippen molar-refractivity contribution in [3.8, 4) is 5.75 Å². The average Bonchev–Trinajstić information content (AvgIpc) is 2.36. The molecular weight excluding hydrogens is 232 g/mol. The highest BCUT2D eigenvalue weighted by Gasteiger charge is 2.21. The SMILES string of the molecule is CCOC(=O)C(=O)c1ccccc1OCC(C)C. The van der Waals surface area contributed by atoms with Crippen molar-refractivity contribution < 1.29 is 19.1 Å². The first-order valence-corrected chi connectivity index (χ1v) is 5.99. The van der Waals surface area contributed by atoms with Gasteiger partial charge >= 0.3 is 5.97 Å². The molecule has 4 nitrogen and oxygen atoms in total. The van der Waals surface area contributed by atoms with Crippen LogP contribution < -0.4 is 4.74 Å². The van der Waals surface area contributed by atoms with E-state index in [1.165, 1.54) is 0 Å². The fraction of sp³-hybridized carbons (Fsp3) is 0.429. The van der Waals surface area contributed by atoms with Gasteiger partial charge in [-0.05, 0) is 25.0 Å². The Bertz CT molecular complexity index is 424. The Morgan fingerprint density at radius 3 is 2.50 bits per heavy atom. The Labute approximate surface area is 107 Å². The van der Waals surface area contributed by atoms with Crippen LogP contribution >= 0.6 is 0 Å². The van der Waals surface area contributed by atoms with E-state index in [2.05, 4.69) is 0 Å². The maximum atomic E-state index is 11.8. The van der Waals surface area contributed by atoms with Gasteiger partial charge < -0.3 is 9.47 Å². The van der Waals surface area contributed by atoms with E-state index in [9.17, 15) is 9.59 Å². The summed E-state index contributed by atoms with van der Waals surface area (Å²) in [5, 5.41) is 0. The minimum Gasteiger partial charge on any atom is -0.493 e. The van der Waals surface area contributed by atoms with E-state index in [1.54, 1.807) is 31.2 Å². The van der Waals surface area contributed by atoms with Crippen molar-refractivity contribution >= 4 is 11.8 Å². The smallest absolute Gasteiger partial charge is 0.379 e. The number of para-hydroxylation sites is 1. The normalized spacial score (nSPS) is 10.2. The summed E-state index contributed by atoms with van der Waals surface area (Å²) in [4.78, 5) is 23.3. The molecule has 0 N–H and O–H groups in total. The first kappa shape index (κ1) is 14.2. The molecule has 0 aliphatic heterocycles. The largest absolute Gasteiger partial charge is 0.493 e. The second kappa shape index (κ2) is 6.79. The molecule has 1 aromatic carbocycles. The molecule has 0 amide bonds. The molecule has 18 heavy (non-hydrogen) atoms. The Balaban J connectivity index is 2.87. The van der Waals surface area contributed by atoms with E-state index < -0.39 is 11.8 Å². The van der Waals surface area contributed by atoms with Gasteiger partial charge in [-0.25, -0.2) is 4.79 Å². The highest BCUT2D eigenvalue weighted by atomic mass is 16.5. The van der Waals surface area contributed by atoms with Crippen LogP contribution in [0.15, 0.2) is 24.3 Å². The lowest BCUT2D eigenvalue weighted by atomic mass is 10.1. The molecule has 0 heterocycles. The standard InChI is InChI=1S/C14H18O4/c1-4-17-14(16)13(15)11-7-5-6-8-12(11)18-9-10(2)3/h5-8,10H,4,9H2,1-3H3. The number of hydrogen-bond donors (Lipinski definition) is 0. The number of Topliss-reactive ketones (excluding diaryl/α,β-unsaturated/α-hetero) is 1. The Kier molecular flexibility index (Phi) is 5.36. The molecule has 0 aliphatic rings. The van der Waals surface area contributed by atoms with Gasteiger partial charge in [0.25, 0.3) is 5.78 Å². The van der Waals surface area contributed by atoms with Gasteiger partial charge in [0.05, 0.1) is 18.8 Å². The third-order valence-corrected chi connectivity index (χ3v) is 2.16. The number of carbonyl (C=O) groups excluding carboxylic acids is 2. The van der Waals surface area contributed by atoms with Crippen LogP contribution in [0.2, 0.25) is 0 Å². The number of carbonyl (C=O) groups is 2. The number of ether oxygens (including phenoxy) is 2. The van der Waals surface area contributed by atoms with E-state index in [4.69, 9.17) is 9.47 Å². The average molecular weight is 250 g/mol. The maximum Gasteiger partial charge on any atom is 0.379 e. The van der Waals surface area contributed by atoms with Crippen molar-refractivity contribution in [2.24, 2.45) is 5.92 Å². The highest BCUT2D eigenvalue weighted by Crippen LogP contribution is 2.19. The molecule has 0 aliphatic carbocycles. The van der Waals surface area contributed by atoms with Crippen LogP contribution in [-0.2, 0) is 9.53 Å². The molecule has 0 radical (unpaired) electrons. The quantitative estimate of drug-likeness (QED) is 0.442. The molecule has 0 spiro atoms. The molecule has 0 saturated carbocycles. The predicted octanol–water partition coefficient (Wildman–Crippen LogP) is 2.47. The van der Waals surface area contributed by atoms with Crippen molar-refractivity contribution in [1.82, 2.24) is 0 Å². The van der Waals surface area contributed by atoms with E-state index in [-0.39, 0.29) is 12.2 Å². The minimum absolute atomic E-state index is 0.180. The van der Waals surface area contributed by atoms with Crippen molar-refractivity contribution in [3.05, 3.63) is 29.8 Å². The minimum atomic E-state index is -0.849. The lowest BCUT2D eigenvalue weighted by Crippen LogP contribution is -2.19. The summed E-state index contributed by atoms with van der Waals surface area (Å²) < 4.78 is 10.2. The summed E-state index contributed by atoms with van der Waals surface area (Å²) in [6, 6.07) is 6.69. The van der Waals surface area contributed by atoms with E-state index >= 15 is 0 Å². The lowest BCUT2D eigenvalue weighted by molar-refractivity contribution is -0.137. The zero-order valence-electron chi connectivity index (χ0n) is 10.9. The molecule has 0 fully saturated rings. The maximum absolute atomic E-state index is 11.8. The molecular formula is C14H18O4. The van der Waals surface area contributed by atoms with Gasteiger partial charge in [-0.15, -0.1) is 0 Å². The van der Waals surface area contributed by atoms with Crippen molar-refractivity contribution in [2.75, 3.05) is 13.2 Å². The van der Waals surface area contributed by atoms with Crippen LogP contribution in [0.4, 0.5) is 0 Å². The van der Waals surface area contributed by atoms with Gasteiger partial charge in [0, 0.05) is 0 Å². The van der Waals surface area contributed by atoms with Gasteiger partial charge in [-0.1, -0.05) is 26.0 Å². The van der Waals surface area contributed by atoms with E-state index in [1.807, 2.05) is 13.8 Å². The monoisotopic (exact) mass is 250 g/mol. The van der Waals surface area contributed by atoms with E-state index in [0.29, 0.717) is 18.3 Å². The van der Waals surface area contributed by atoms with Crippen LogP contribution in [0.5, 0.6) is 5.75 Å². The van der Waals surface area contributed by atoms with Gasteiger partial charge in [0.15, 0.2) is 0 Å². The van der Waals surface area contributed by atoms with Crippen LogP contribution in [-0.4, -0.2) is 25.0 Å². The number of hydrogen-bond acceptors (Lipinski definition) is 4. The lowest BCUT2D eigenvalue weighted by Gasteiger charge is -2.11. The Hall–Kier alpha value is -1.84. The van der Waals surface area contributed by atoms with Gasteiger partial charge in [-0.2, -0.15) is 0 Å². The zero-order valence-corrected chi connectivity index (χ0v) is 10.9. The molecule has 0 saturated heterocycles. The summed E-state index contributed by atoms with van der Waals surface area (Å²) in [5.74, 6) is -0.755. The van der Waals surface area contributed by atoms with Gasteiger partial charge in [-0.3, -0.25) is 4.79 Å². The molecule has 0 unspecified atom stereocenters. The predicted molar refractivity (Wildman–Crippen MR) is 67.7 cm³/mol. The summed E-state index contributed by atoms with van der Waals surface area (Å²) in [5.41, 5.74) is 0.247. The van der Waals surface area contributed by atoms with E-state index in [0.717, 1.165) is 0 Å². The second-order valence-electron chi connectivity index (χ2n) is 4.25. The number of ketones is 1. The molecule has 1 rings (SSSR count). The van der Waals surface area contributed by atoms with Gasteiger partial charge in [0.2, 0.25) is 0 Å². The van der Waals surface area contributed by atoms with Crippen LogP contribution in [0, 0.1) is 5.92 Å². The Morgan fingerprint density at radius 1 is 1.22 bits per heavy atom. The third kappa shape index (κ3) is 3.87. The molecule has 0 aromatic heterocycles. The summed E-state index contributed by atoms with van der Waals surface area (Å²) in [6.07, 6.45) is 0. The van der Waals surface area contributed by atoms with Crippen molar-refractivity contribution in [3.63, 3.8) is 0 Å². The van der Waals surface area contributed by atoms with Crippen LogP contribution in [0.1, 0.15) is 31.1 Å². The summed E-state index contributed by atoms with van der Waals surface area (Å²) in [6.45, 7) is 6.35. The summed E-state index contributed by atoms with van der Waals surface area (Å²) >= 11 is 0. The van der Waals surface area contributed by atoms with Crippen molar-refractivity contribution in [2.45, 2.75) is 20.8 Å². The van der Waals surface area contributed by atoms with Crippen molar-refractivity contribution in [1.29, 1.82) is 0 Å². The molecule has 4 heteroatoms. The molecule has 98 valence electrons. The number of benzene rings is 1. The molecule has 0 bridgehead atoms. The highest BCUT2D eigenvalue weighted by molar-refractivity contribution is 6.41. The molecule has 0 atom stereocenters. The zero-order chi connectivity index (χ0) is 13.5. The van der Waals surface area contributed by atoms with Crippen LogP contribution in [0.3, 0.4) is 0 Å². The topological polar surface area (TPSA) is 52.6 Å². The van der Waals surface area contributed by atoms with Crippen LogP contribution in [0.25, 0.3) is 0 Å². The first-order chi connectivity index (χ1) is 8.56. The fourth-order valence-corrected chi connectivity index (χ4v) is 1.34. The Morgan fingerprint density at radius 2 is 1.89 bits per heavy atom. The first-order valence-electron chi connectivity index (χ1n) is 5.99. The third-order valence-electron chi connectivity index (χ3n) is 2.16. The molecule has 1 aromatic rings.